The zero-order valence-corrected chi connectivity index (χ0v) is 17.1. The second-order valence-electron chi connectivity index (χ2n) is 7.59. The molecule has 5 nitrogen and oxygen atoms in total. The summed E-state index contributed by atoms with van der Waals surface area (Å²) in [5.74, 6) is 1.24. The fourth-order valence-electron chi connectivity index (χ4n) is 3.82. The average Bonchev–Trinajstić information content (AvgIpc) is 3.00. The van der Waals surface area contributed by atoms with Crippen LogP contribution in [0.3, 0.4) is 0 Å². The Balaban J connectivity index is 1.72. The molecule has 144 valence electrons. The number of carbonyl (C=O) groups is 1. The molecule has 1 aromatic carbocycles. The van der Waals surface area contributed by atoms with Crippen molar-refractivity contribution in [2.75, 3.05) is 0 Å². The summed E-state index contributed by atoms with van der Waals surface area (Å²) in [6.45, 7) is 7.04. The summed E-state index contributed by atoms with van der Waals surface area (Å²) in [5.41, 5.74) is 1.91. The van der Waals surface area contributed by atoms with E-state index in [4.69, 9.17) is 10.2 Å². The van der Waals surface area contributed by atoms with Crippen LogP contribution in [0.5, 0.6) is 0 Å². The molecule has 0 aliphatic heterocycles. The highest BCUT2D eigenvalue weighted by Crippen LogP contribution is 2.31. The van der Waals surface area contributed by atoms with Crippen LogP contribution >= 0.6 is 11.8 Å². The number of fused-ring (bicyclic) bond motifs is 1. The number of nitriles is 1. The molecule has 1 aromatic heterocycles. The number of benzene rings is 1. The van der Waals surface area contributed by atoms with E-state index in [0.29, 0.717) is 24.8 Å². The van der Waals surface area contributed by atoms with Gasteiger partial charge in [0, 0.05) is 12.6 Å². The number of nitrogens with zero attached hydrogens (tertiary/aromatic N) is 3. The van der Waals surface area contributed by atoms with Crippen molar-refractivity contribution in [1.29, 1.82) is 5.26 Å². The third-order valence-electron chi connectivity index (χ3n) is 5.75. The average molecular weight is 385 g/mol. The van der Waals surface area contributed by atoms with Crippen molar-refractivity contribution in [3.05, 3.63) is 24.3 Å². The number of carbonyl (C=O) groups excluding carboxylic acids is 1. The molecule has 1 fully saturated rings. The fourth-order valence-corrected chi connectivity index (χ4v) is 4.78. The molecule has 1 aliphatic rings. The third-order valence-corrected chi connectivity index (χ3v) is 6.84. The molecular formula is C21H28N4OS. The summed E-state index contributed by atoms with van der Waals surface area (Å²) in [4.78, 5) is 17.5. The first-order valence-electron chi connectivity index (χ1n) is 9.80. The minimum atomic E-state index is -0.230. The topological polar surface area (TPSA) is 70.7 Å². The van der Waals surface area contributed by atoms with Crippen LogP contribution in [0.4, 0.5) is 0 Å². The molecule has 1 N–H and O–H groups in total. The van der Waals surface area contributed by atoms with E-state index in [1.54, 1.807) is 0 Å². The van der Waals surface area contributed by atoms with Crippen LogP contribution in [0.2, 0.25) is 0 Å². The van der Waals surface area contributed by atoms with Gasteiger partial charge in [-0.25, -0.2) is 4.98 Å². The van der Waals surface area contributed by atoms with Crippen molar-refractivity contribution < 1.29 is 4.79 Å². The Hall–Kier alpha value is -2.00. The fraction of sp³-hybridized carbons (Fsp3) is 0.571. The molecule has 0 radical (unpaired) electrons. The molecule has 1 heterocycles. The minimum absolute atomic E-state index is 0.0739. The SMILES string of the molecule is C[C@H]1[C@@H](C)CCC[C@H]1NC(=O)[C@H](C)Sc1nc2ccccc2n1CCC#N. The van der Waals surface area contributed by atoms with Gasteiger partial charge in [-0.3, -0.25) is 4.79 Å². The summed E-state index contributed by atoms with van der Waals surface area (Å²) in [6.07, 6.45) is 3.92. The van der Waals surface area contributed by atoms with Gasteiger partial charge in [-0.2, -0.15) is 5.26 Å². The third kappa shape index (κ3) is 4.47. The van der Waals surface area contributed by atoms with Gasteiger partial charge in [0.2, 0.25) is 5.91 Å². The van der Waals surface area contributed by atoms with Crippen LogP contribution in [0, 0.1) is 23.2 Å². The first-order valence-corrected chi connectivity index (χ1v) is 10.7. The van der Waals surface area contributed by atoms with Crippen molar-refractivity contribution in [3.63, 3.8) is 0 Å². The van der Waals surface area contributed by atoms with Crippen molar-refractivity contribution in [1.82, 2.24) is 14.9 Å². The zero-order valence-electron chi connectivity index (χ0n) is 16.3. The van der Waals surface area contributed by atoms with Gasteiger partial charge < -0.3 is 9.88 Å². The molecule has 0 saturated heterocycles. The number of nitrogens with one attached hydrogen (secondary N) is 1. The molecule has 3 rings (SSSR count). The van der Waals surface area contributed by atoms with E-state index < -0.39 is 0 Å². The standard InChI is InChI=1S/C21H28N4OS/c1-14-8-6-10-17(15(14)2)23-20(26)16(3)27-21-24-18-9-4-5-11-19(18)25(21)13-7-12-22/h4-5,9,11,14-17H,6-8,10,13H2,1-3H3,(H,23,26)/t14-,15-,16-,17+/m0/s1. The largest absolute Gasteiger partial charge is 0.352 e. The lowest BCUT2D eigenvalue weighted by molar-refractivity contribution is -0.121. The van der Waals surface area contributed by atoms with E-state index >= 15 is 0 Å². The lowest BCUT2D eigenvalue weighted by atomic mass is 9.78. The number of thioether (sulfide) groups is 1. The summed E-state index contributed by atoms with van der Waals surface area (Å²) in [5, 5.41) is 12.8. The van der Waals surface area contributed by atoms with E-state index in [1.165, 1.54) is 24.6 Å². The Labute approximate surface area is 165 Å². The van der Waals surface area contributed by atoms with Crippen molar-refractivity contribution in [2.45, 2.75) is 69.4 Å². The molecule has 0 spiro atoms. The number of imidazole rings is 1. The smallest absolute Gasteiger partial charge is 0.233 e. The molecule has 0 unspecified atom stereocenters. The van der Waals surface area contributed by atoms with E-state index in [2.05, 4.69) is 29.8 Å². The van der Waals surface area contributed by atoms with E-state index in [0.717, 1.165) is 22.6 Å². The minimum Gasteiger partial charge on any atom is -0.352 e. The summed E-state index contributed by atoms with van der Waals surface area (Å²) >= 11 is 1.48. The predicted molar refractivity (Wildman–Crippen MR) is 109 cm³/mol. The van der Waals surface area contributed by atoms with Crippen LogP contribution in [0.15, 0.2) is 29.4 Å². The number of hydrogen-bond donors (Lipinski definition) is 1. The van der Waals surface area contributed by atoms with Gasteiger partial charge in [-0.1, -0.05) is 50.6 Å². The number of aromatic nitrogens is 2. The lowest BCUT2D eigenvalue weighted by Crippen LogP contribution is -2.46. The monoisotopic (exact) mass is 384 g/mol. The molecule has 1 saturated carbocycles. The van der Waals surface area contributed by atoms with Crippen molar-refractivity contribution in [3.8, 4) is 6.07 Å². The van der Waals surface area contributed by atoms with Crippen molar-refractivity contribution in [2.24, 2.45) is 11.8 Å². The maximum absolute atomic E-state index is 12.8. The van der Waals surface area contributed by atoms with Gasteiger partial charge in [-0.05, 0) is 37.3 Å². The number of rotatable bonds is 6. The molecule has 1 amide bonds. The van der Waals surface area contributed by atoms with Crippen LogP contribution in [-0.2, 0) is 11.3 Å². The first kappa shape index (κ1) is 19.8. The lowest BCUT2D eigenvalue weighted by Gasteiger charge is -2.35. The summed E-state index contributed by atoms with van der Waals surface area (Å²) in [6, 6.07) is 10.4. The molecule has 2 aromatic rings. The number of aryl methyl sites for hydroxylation is 1. The number of para-hydroxylation sites is 2. The molecule has 0 bridgehead atoms. The quantitative estimate of drug-likeness (QED) is 0.751. The molecular weight excluding hydrogens is 356 g/mol. The zero-order chi connectivity index (χ0) is 19.4. The Bertz CT molecular complexity index is 840. The van der Waals surface area contributed by atoms with Crippen LogP contribution < -0.4 is 5.32 Å². The van der Waals surface area contributed by atoms with Gasteiger partial charge in [0.15, 0.2) is 5.16 Å². The maximum Gasteiger partial charge on any atom is 0.233 e. The highest BCUT2D eigenvalue weighted by atomic mass is 32.2. The van der Waals surface area contributed by atoms with Crippen LogP contribution in [0.25, 0.3) is 11.0 Å². The Kier molecular flexibility index (Phi) is 6.43. The first-order chi connectivity index (χ1) is 13.0. The Morgan fingerprint density at radius 2 is 2.19 bits per heavy atom. The number of amides is 1. The van der Waals surface area contributed by atoms with E-state index in [9.17, 15) is 4.79 Å². The Morgan fingerprint density at radius 3 is 2.96 bits per heavy atom. The highest BCUT2D eigenvalue weighted by Gasteiger charge is 2.30. The normalized spacial score (nSPS) is 23.7. The Morgan fingerprint density at radius 1 is 1.41 bits per heavy atom. The highest BCUT2D eigenvalue weighted by molar-refractivity contribution is 8.00. The van der Waals surface area contributed by atoms with Gasteiger partial charge in [-0.15, -0.1) is 0 Å². The predicted octanol–water partition coefficient (Wildman–Crippen LogP) is 4.37. The second-order valence-corrected chi connectivity index (χ2v) is 8.89. The molecule has 1 aliphatic carbocycles. The van der Waals surface area contributed by atoms with Gasteiger partial charge in [0.05, 0.1) is 28.8 Å². The summed E-state index contributed by atoms with van der Waals surface area (Å²) < 4.78 is 2.05. The molecule has 4 atom stereocenters. The molecule has 27 heavy (non-hydrogen) atoms. The van der Waals surface area contributed by atoms with Gasteiger partial charge in [0.25, 0.3) is 0 Å². The van der Waals surface area contributed by atoms with Crippen molar-refractivity contribution >= 4 is 28.7 Å². The van der Waals surface area contributed by atoms with E-state index in [-0.39, 0.29) is 17.2 Å². The van der Waals surface area contributed by atoms with Crippen LogP contribution in [0.1, 0.15) is 46.5 Å². The second kappa shape index (κ2) is 8.79. The number of hydrogen-bond acceptors (Lipinski definition) is 4. The van der Waals surface area contributed by atoms with Gasteiger partial charge in [0.1, 0.15) is 0 Å². The maximum atomic E-state index is 12.8. The van der Waals surface area contributed by atoms with Crippen LogP contribution in [-0.4, -0.2) is 26.8 Å². The summed E-state index contributed by atoms with van der Waals surface area (Å²) in [7, 11) is 0. The molecule has 6 heteroatoms. The van der Waals surface area contributed by atoms with E-state index in [1.807, 2.05) is 31.2 Å². The van der Waals surface area contributed by atoms with Gasteiger partial charge >= 0.3 is 0 Å².